The summed E-state index contributed by atoms with van der Waals surface area (Å²) in [4.78, 5) is 4.34. The van der Waals surface area contributed by atoms with Crippen molar-refractivity contribution in [1.29, 1.82) is 0 Å². The van der Waals surface area contributed by atoms with E-state index < -0.39 is 0 Å². The lowest BCUT2D eigenvalue weighted by Gasteiger charge is -2.23. The van der Waals surface area contributed by atoms with Crippen LogP contribution in [0.25, 0.3) is 0 Å². The maximum Gasteiger partial charge on any atom is 0.188 e. The zero-order chi connectivity index (χ0) is 14.4. The van der Waals surface area contributed by atoms with Gasteiger partial charge in [-0.3, -0.25) is 4.99 Å². The second kappa shape index (κ2) is 7.03. The molecule has 0 unspecified atom stereocenters. The van der Waals surface area contributed by atoms with Crippen LogP contribution in [-0.4, -0.2) is 31.3 Å². The van der Waals surface area contributed by atoms with Crippen LogP contribution in [0.15, 0.2) is 23.2 Å². The average molecular weight is 277 g/mol. The second-order valence-electron chi connectivity index (χ2n) is 5.21. The lowest BCUT2D eigenvalue weighted by molar-refractivity contribution is 0.326. The third-order valence-electron chi connectivity index (χ3n) is 3.71. The van der Waals surface area contributed by atoms with Gasteiger partial charge in [0.15, 0.2) is 17.5 Å². The van der Waals surface area contributed by atoms with Crippen LogP contribution in [0.3, 0.4) is 0 Å². The first-order valence-electron chi connectivity index (χ1n) is 7.08. The van der Waals surface area contributed by atoms with Gasteiger partial charge in [-0.1, -0.05) is 12.5 Å². The molecule has 20 heavy (non-hydrogen) atoms. The molecular weight excluding hydrogens is 254 g/mol. The number of hydrogen-bond donors (Lipinski definition) is 3. The van der Waals surface area contributed by atoms with Gasteiger partial charge in [0.1, 0.15) is 0 Å². The standard InChI is InChI=1S/C15H23N3O2/c1-20-14-9-11(5-6-13(14)19)7-8-17-15(16)18-10-12-3-2-4-12/h5-6,9,12,19H,2-4,7-8,10H2,1H3,(H3,16,17,18). The lowest BCUT2D eigenvalue weighted by atomic mass is 9.86. The highest BCUT2D eigenvalue weighted by Crippen LogP contribution is 2.26. The van der Waals surface area contributed by atoms with Crippen molar-refractivity contribution in [3.63, 3.8) is 0 Å². The van der Waals surface area contributed by atoms with Crippen molar-refractivity contribution in [2.45, 2.75) is 25.7 Å². The highest BCUT2D eigenvalue weighted by atomic mass is 16.5. The summed E-state index contributed by atoms with van der Waals surface area (Å²) in [5.74, 6) is 1.90. The minimum Gasteiger partial charge on any atom is -0.504 e. The molecule has 1 aliphatic carbocycles. The summed E-state index contributed by atoms with van der Waals surface area (Å²) in [6, 6.07) is 5.35. The molecule has 1 aromatic rings. The van der Waals surface area contributed by atoms with E-state index in [9.17, 15) is 5.11 Å². The summed E-state index contributed by atoms with van der Waals surface area (Å²) in [6.45, 7) is 1.56. The monoisotopic (exact) mass is 277 g/mol. The van der Waals surface area contributed by atoms with E-state index in [1.54, 1.807) is 13.2 Å². The van der Waals surface area contributed by atoms with Crippen molar-refractivity contribution >= 4 is 5.96 Å². The van der Waals surface area contributed by atoms with Crippen LogP contribution < -0.4 is 15.8 Å². The molecule has 2 rings (SSSR count). The quantitative estimate of drug-likeness (QED) is 0.545. The summed E-state index contributed by atoms with van der Waals surface area (Å²) >= 11 is 0. The number of guanidine groups is 1. The summed E-state index contributed by atoms with van der Waals surface area (Å²) in [5.41, 5.74) is 6.90. The summed E-state index contributed by atoms with van der Waals surface area (Å²) in [7, 11) is 1.54. The van der Waals surface area contributed by atoms with Gasteiger partial charge in [-0.25, -0.2) is 0 Å². The van der Waals surface area contributed by atoms with E-state index in [4.69, 9.17) is 10.5 Å². The van der Waals surface area contributed by atoms with Gasteiger partial charge in [0.05, 0.1) is 7.11 Å². The number of phenols is 1. The van der Waals surface area contributed by atoms with E-state index in [0.717, 1.165) is 24.4 Å². The average Bonchev–Trinajstić information content (AvgIpc) is 2.39. The van der Waals surface area contributed by atoms with Crippen molar-refractivity contribution in [2.24, 2.45) is 16.6 Å². The third kappa shape index (κ3) is 4.05. The fourth-order valence-corrected chi connectivity index (χ4v) is 2.17. The molecule has 1 aliphatic rings. The number of hydrogen-bond acceptors (Lipinski definition) is 3. The molecule has 0 bridgehead atoms. The fourth-order valence-electron chi connectivity index (χ4n) is 2.17. The van der Waals surface area contributed by atoms with Gasteiger partial charge in [0.25, 0.3) is 0 Å². The number of benzene rings is 1. The summed E-state index contributed by atoms with van der Waals surface area (Å²) < 4.78 is 5.08. The number of aliphatic imine (C=N–C) groups is 1. The lowest BCUT2D eigenvalue weighted by Crippen LogP contribution is -2.34. The molecule has 0 radical (unpaired) electrons. The number of nitrogens with one attached hydrogen (secondary N) is 1. The van der Waals surface area contributed by atoms with Crippen LogP contribution in [0, 0.1) is 5.92 Å². The Hall–Kier alpha value is -1.91. The first-order chi connectivity index (χ1) is 9.69. The minimum atomic E-state index is 0.158. The van der Waals surface area contributed by atoms with E-state index >= 15 is 0 Å². The highest BCUT2D eigenvalue weighted by Gasteiger charge is 2.16. The van der Waals surface area contributed by atoms with Crippen molar-refractivity contribution in [3.05, 3.63) is 23.8 Å². The van der Waals surface area contributed by atoms with Crippen molar-refractivity contribution < 1.29 is 9.84 Å². The van der Waals surface area contributed by atoms with Gasteiger partial charge < -0.3 is 20.9 Å². The zero-order valence-corrected chi connectivity index (χ0v) is 11.9. The molecule has 1 aromatic carbocycles. The van der Waals surface area contributed by atoms with Crippen LogP contribution in [0.1, 0.15) is 24.8 Å². The SMILES string of the molecule is COc1cc(CCNC(N)=NCC2CCC2)ccc1O. The predicted octanol–water partition coefficient (Wildman–Crippen LogP) is 1.65. The Kier molecular flexibility index (Phi) is 5.09. The maximum atomic E-state index is 9.52. The molecular formula is C15H23N3O2. The summed E-state index contributed by atoms with van der Waals surface area (Å²) in [5, 5.41) is 12.6. The van der Waals surface area contributed by atoms with Crippen LogP contribution in [0.5, 0.6) is 11.5 Å². The molecule has 0 spiro atoms. The second-order valence-corrected chi connectivity index (χ2v) is 5.21. The van der Waals surface area contributed by atoms with Gasteiger partial charge in [-0.05, 0) is 42.9 Å². The van der Waals surface area contributed by atoms with Crippen LogP contribution in [-0.2, 0) is 6.42 Å². The molecule has 4 N–H and O–H groups in total. The number of aromatic hydroxyl groups is 1. The molecule has 5 nitrogen and oxygen atoms in total. The van der Waals surface area contributed by atoms with Crippen molar-refractivity contribution in [1.82, 2.24) is 5.32 Å². The number of nitrogens with zero attached hydrogens (tertiary/aromatic N) is 1. The van der Waals surface area contributed by atoms with Gasteiger partial charge >= 0.3 is 0 Å². The van der Waals surface area contributed by atoms with Crippen molar-refractivity contribution in [3.8, 4) is 11.5 Å². The fraction of sp³-hybridized carbons (Fsp3) is 0.533. The minimum absolute atomic E-state index is 0.158. The van der Waals surface area contributed by atoms with Crippen LogP contribution in [0.4, 0.5) is 0 Å². The van der Waals surface area contributed by atoms with Crippen LogP contribution >= 0.6 is 0 Å². The Morgan fingerprint density at radius 2 is 2.30 bits per heavy atom. The van der Waals surface area contributed by atoms with E-state index in [2.05, 4.69) is 10.3 Å². The summed E-state index contributed by atoms with van der Waals surface area (Å²) in [6.07, 6.45) is 4.70. The molecule has 0 aromatic heterocycles. The number of nitrogens with two attached hydrogens (primary N) is 1. The van der Waals surface area contributed by atoms with E-state index in [-0.39, 0.29) is 5.75 Å². The Morgan fingerprint density at radius 1 is 1.50 bits per heavy atom. The van der Waals surface area contributed by atoms with Crippen LogP contribution in [0.2, 0.25) is 0 Å². The van der Waals surface area contributed by atoms with E-state index in [1.165, 1.54) is 19.3 Å². The first kappa shape index (κ1) is 14.5. The normalized spacial score (nSPS) is 15.8. The van der Waals surface area contributed by atoms with Gasteiger partial charge in [-0.15, -0.1) is 0 Å². The smallest absolute Gasteiger partial charge is 0.188 e. The number of ether oxygens (including phenoxy) is 1. The van der Waals surface area contributed by atoms with Crippen molar-refractivity contribution in [2.75, 3.05) is 20.2 Å². The van der Waals surface area contributed by atoms with E-state index in [1.807, 2.05) is 12.1 Å². The zero-order valence-electron chi connectivity index (χ0n) is 11.9. The molecule has 110 valence electrons. The first-order valence-corrected chi connectivity index (χ1v) is 7.08. The molecule has 5 heteroatoms. The molecule has 0 saturated heterocycles. The Labute approximate surface area is 119 Å². The third-order valence-corrected chi connectivity index (χ3v) is 3.71. The Morgan fingerprint density at radius 3 is 2.95 bits per heavy atom. The topological polar surface area (TPSA) is 79.9 Å². The van der Waals surface area contributed by atoms with E-state index in [0.29, 0.717) is 18.3 Å². The van der Waals surface area contributed by atoms with Gasteiger partial charge in [-0.2, -0.15) is 0 Å². The Bertz CT molecular complexity index is 470. The molecule has 1 fully saturated rings. The Balaban J connectivity index is 1.74. The molecule has 0 amide bonds. The largest absolute Gasteiger partial charge is 0.504 e. The number of rotatable bonds is 6. The van der Waals surface area contributed by atoms with Gasteiger partial charge in [0, 0.05) is 13.1 Å². The molecule has 0 heterocycles. The molecule has 0 aliphatic heterocycles. The predicted molar refractivity (Wildman–Crippen MR) is 80.2 cm³/mol. The number of methoxy groups -OCH3 is 1. The maximum absolute atomic E-state index is 9.52. The van der Waals surface area contributed by atoms with Gasteiger partial charge in [0.2, 0.25) is 0 Å². The highest BCUT2D eigenvalue weighted by molar-refractivity contribution is 5.77. The molecule has 0 atom stereocenters. The molecule has 1 saturated carbocycles. The number of phenolic OH excluding ortho intramolecular Hbond substituents is 1.